The van der Waals surface area contributed by atoms with Crippen LogP contribution in [0.1, 0.15) is 296 Å². The van der Waals surface area contributed by atoms with Crippen LogP contribution in [0.5, 0.6) is 0 Å². The number of quaternary nitrogens is 1. The Morgan fingerprint density at radius 3 is 1.21 bits per heavy atom. The molecule has 8 nitrogen and oxygen atoms in total. The maximum absolute atomic E-state index is 13.0. The first-order valence-corrected chi connectivity index (χ1v) is 33.8. The van der Waals surface area contributed by atoms with Gasteiger partial charge in [-0.2, -0.15) is 0 Å². The van der Waals surface area contributed by atoms with Crippen LogP contribution in [0.15, 0.2) is 72.9 Å². The largest absolute Gasteiger partial charge is 0.472 e. The van der Waals surface area contributed by atoms with Crippen molar-refractivity contribution in [2.24, 2.45) is 0 Å². The maximum Gasteiger partial charge on any atom is 0.472 e. The fraction of sp³-hybridized carbons (Fsp3) is 0.806. The lowest BCUT2D eigenvalue weighted by atomic mass is 10.0. The van der Waals surface area contributed by atoms with Gasteiger partial charge in [0.05, 0.1) is 39.9 Å². The Labute approximate surface area is 472 Å². The number of hydrogen-bond acceptors (Lipinski definition) is 5. The number of nitrogens with one attached hydrogen (secondary N) is 1. The van der Waals surface area contributed by atoms with E-state index in [1.807, 2.05) is 27.2 Å². The van der Waals surface area contributed by atoms with E-state index >= 15 is 0 Å². The molecule has 0 aliphatic heterocycles. The molecule has 3 N–H and O–H groups in total. The third kappa shape index (κ3) is 59.6. The number of amides is 1. The molecule has 0 radical (unpaired) electrons. The predicted molar refractivity (Wildman–Crippen MR) is 332 cm³/mol. The van der Waals surface area contributed by atoms with Crippen LogP contribution >= 0.6 is 7.82 Å². The van der Waals surface area contributed by atoms with Crippen molar-refractivity contribution in [3.8, 4) is 0 Å². The highest BCUT2D eigenvalue weighted by Crippen LogP contribution is 2.43. The van der Waals surface area contributed by atoms with E-state index in [2.05, 4.69) is 79.9 Å². The minimum atomic E-state index is -4.35. The van der Waals surface area contributed by atoms with E-state index in [0.717, 1.165) is 64.2 Å². The van der Waals surface area contributed by atoms with Crippen molar-refractivity contribution in [2.45, 2.75) is 309 Å². The van der Waals surface area contributed by atoms with Crippen LogP contribution in [0.3, 0.4) is 0 Å². The van der Waals surface area contributed by atoms with Gasteiger partial charge >= 0.3 is 7.82 Å². The predicted octanol–water partition coefficient (Wildman–Crippen LogP) is 20.2. The second-order valence-electron chi connectivity index (χ2n) is 23.1. The van der Waals surface area contributed by atoms with E-state index in [9.17, 15) is 19.4 Å². The first-order valence-electron chi connectivity index (χ1n) is 32.3. The molecule has 1 amide bonds. The summed E-state index contributed by atoms with van der Waals surface area (Å²) in [7, 11) is 1.56. The molecule has 0 bridgehead atoms. The molecule has 9 heteroatoms. The van der Waals surface area contributed by atoms with Crippen molar-refractivity contribution in [3.05, 3.63) is 72.9 Å². The zero-order valence-corrected chi connectivity index (χ0v) is 51.6. The number of phosphoric ester groups is 1. The third-order valence-electron chi connectivity index (χ3n) is 14.4. The van der Waals surface area contributed by atoms with Crippen molar-refractivity contribution in [3.63, 3.8) is 0 Å². The molecule has 0 aliphatic rings. The summed E-state index contributed by atoms with van der Waals surface area (Å²) in [5.41, 5.74) is 0. The van der Waals surface area contributed by atoms with Gasteiger partial charge in [0.25, 0.3) is 0 Å². The summed E-state index contributed by atoms with van der Waals surface area (Å²) in [5, 5.41) is 13.9. The van der Waals surface area contributed by atoms with Gasteiger partial charge in [-0.1, -0.05) is 292 Å². The summed E-state index contributed by atoms with van der Waals surface area (Å²) < 4.78 is 23.7. The number of phosphoric acid groups is 1. The average molecular weight is 1090 g/mol. The summed E-state index contributed by atoms with van der Waals surface area (Å²) in [6, 6.07) is -0.863. The number of nitrogens with zero attached hydrogens (tertiary/aromatic N) is 1. The quantitative estimate of drug-likeness (QED) is 0.0243. The molecule has 0 aliphatic carbocycles. The second-order valence-corrected chi connectivity index (χ2v) is 24.6. The molecule has 444 valence electrons. The van der Waals surface area contributed by atoms with E-state index in [0.29, 0.717) is 17.4 Å². The number of likely N-dealkylation sites (N-methyl/N-ethyl adjacent to an activating group) is 1. The Morgan fingerprint density at radius 2 is 0.803 bits per heavy atom. The van der Waals surface area contributed by atoms with Crippen LogP contribution in [0.25, 0.3) is 0 Å². The number of hydrogen-bond donors (Lipinski definition) is 3. The number of unbranched alkanes of at least 4 members (excludes halogenated alkanes) is 36. The van der Waals surface area contributed by atoms with Gasteiger partial charge in [-0.25, -0.2) is 4.57 Å². The van der Waals surface area contributed by atoms with Crippen molar-refractivity contribution in [1.29, 1.82) is 0 Å². The fourth-order valence-corrected chi connectivity index (χ4v) is 10.1. The lowest BCUT2D eigenvalue weighted by molar-refractivity contribution is -0.870. The summed E-state index contributed by atoms with van der Waals surface area (Å²) >= 11 is 0. The van der Waals surface area contributed by atoms with Gasteiger partial charge in [-0.05, 0) is 70.6 Å². The molecule has 0 aromatic rings. The van der Waals surface area contributed by atoms with E-state index in [1.54, 1.807) is 6.08 Å². The fourth-order valence-electron chi connectivity index (χ4n) is 9.41. The van der Waals surface area contributed by atoms with Gasteiger partial charge in [0.1, 0.15) is 13.2 Å². The molecule has 0 saturated heterocycles. The molecule has 0 aromatic carbocycles. The lowest BCUT2D eigenvalue weighted by Crippen LogP contribution is -2.45. The summed E-state index contributed by atoms with van der Waals surface area (Å²) in [6.45, 7) is 4.70. The normalized spacial score (nSPS) is 14.2. The Morgan fingerprint density at radius 1 is 0.461 bits per heavy atom. The lowest BCUT2D eigenvalue weighted by Gasteiger charge is -2.25. The first kappa shape index (κ1) is 73.9. The smallest absolute Gasteiger partial charge is 0.387 e. The third-order valence-corrected chi connectivity index (χ3v) is 15.4. The minimum Gasteiger partial charge on any atom is -0.387 e. The van der Waals surface area contributed by atoms with Crippen molar-refractivity contribution in [2.75, 3.05) is 40.9 Å². The van der Waals surface area contributed by atoms with Gasteiger partial charge < -0.3 is 19.8 Å². The molecule has 0 rings (SSSR count). The number of rotatable bonds is 59. The molecular weight excluding hydrogens is 960 g/mol. The Bertz CT molecular complexity index is 1470. The highest BCUT2D eigenvalue weighted by molar-refractivity contribution is 7.47. The Balaban J connectivity index is 3.92. The summed E-state index contributed by atoms with van der Waals surface area (Å²) in [5.74, 6) is -0.183. The number of allylic oxidation sites excluding steroid dienone is 11. The molecule has 3 unspecified atom stereocenters. The molecule has 0 heterocycles. The van der Waals surface area contributed by atoms with Crippen LogP contribution < -0.4 is 5.32 Å². The molecule has 0 saturated carbocycles. The number of aliphatic hydroxyl groups is 1. The molecule has 0 fully saturated rings. The average Bonchev–Trinajstić information content (AvgIpc) is 3.38. The van der Waals surface area contributed by atoms with Crippen LogP contribution in [-0.4, -0.2) is 73.4 Å². The summed E-state index contributed by atoms with van der Waals surface area (Å²) in [6.07, 6.45) is 80.5. The van der Waals surface area contributed by atoms with Crippen molar-refractivity contribution < 1.29 is 32.9 Å². The van der Waals surface area contributed by atoms with E-state index in [1.165, 1.54) is 212 Å². The maximum atomic E-state index is 13.0. The molecule has 3 atom stereocenters. The highest BCUT2D eigenvalue weighted by atomic mass is 31.2. The first-order chi connectivity index (χ1) is 37.0. The van der Waals surface area contributed by atoms with E-state index < -0.39 is 20.0 Å². The number of carbonyl (C=O) groups is 1. The highest BCUT2D eigenvalue weighted by Gasteiger charge is 2.27. The van der Waals surface area contributed by atoms with Gasteiger partial charge in [0, 0.05) is 6.42 Å². The zero-order valence-electron chi connectivity index (χ0n) is 50.7. The van der Waals surface area contributed by atoms with Gasteiger partial charge in [0.15, 0.2) is 0 Å². The van der Waals surface area contributed by atoms with Gasteiger partial charge in [-0.15, -0.1) is 0 Å². The van der Waals surface area contributed by atoms with Crippen LogP contribution in [0, 0.1) is 0 Å². The van der Waals surface area contributed by atoms with Crippen LogP contribution in [0.4, 0.5) is 0 Å². The molecule has 76 heavy (non-hydrogen) atoms. The Hall–Kier alpha value is -2.06. The molecular formula is C67H126N2O6P+. The molecule has 0 aromatic heterocycles. The van der Waals surface area contributed by atoms with E-state index in [4.69, 9.17) is 9.05 Å². The Kier molecular flexibility index (Phi) is 56.1. The number of carbonyl (C=O) groups excluding carboxylic acids is 1. The van der Waals surface area contributed by atoms with Gasteiger partial charge in [-0.3, -0.25) is 13.8 Å². The van der Waals surface area contributed by atoms with E-state index in [-0.39, 0.29) is 19.1 Å². The van der Waals surface area contributed by atoms with Gasteiger partial charge in [0.2, 0.25) is 5.91 Å². The second kappa shape index (κ2) is 57.6. The topological polar surface area (TPSA) is 105 Å². The monoisotopic (exact) mass is 1090 g/mol. The van der Waals surface area contributed by atoms with Crippen LogP contribution in [0.2, 0.25) is 0 Å². The minimum absolute atomic E-state index is 0.0564. The number of aliphatic hydroxyl groups excluding tert-OH is 1. The van der Waals surface area contributed by atoms with Crippen molar-refractivity contribution in [1.82, 2.24) is 5.32 Å². The molecule has 0 spiro atoms. The zero-order chi connectivity index (χ0) is 55.6. The van der Waals surface area contributed by atoms with Crippen LogP contribution in [-0.2, 0) is 18.4 Å². The van der Waals surface area contributed by atoms with Crippen molar-refractivity contribution >= 4 is 13.7 Å². The standard InChI is InChI=1S/C67H125N2O6P/c1-6-8-10-12-14-16-18-20-22-23-24-25-26-27-28-29-30-31-32-33-34-35-36-37-38-39-40-41-42-43-44-45-47-49-51-53-55-57-59-61-67(71)68-65(64-75-76(72,73)74-63-62-69(3,4)5)66(70)60-58-56-54-52-50-48-46-21-19-17-15-13-11-9-7-2/h8,10,14,16,20,22,24-25,50,52,58,60,65-66,70H,6-7,9,11-13,15,17-19,21,23,26-49,51,53-57,59,61-64H2,1-5H3,(H-,68,71,72,73)/p+1/b10-8-,16-14-,22-20-,25-24-,52-50+,60-58+. The summed E-state index contributed by atoms with van der Waals surface area (Å²) in [4.78, 5) is 23.3. The SMILES string of the molecule is CC/C=C\C/C=C\C/C=C\C/C=C\CCCCCCCCCCCCCCCCCCCCCCCCCCCCC(=O)NC(COP(=O)(O)OCC[N+](C)(C)C)C(O)/C=C/CC/C=C/CCCCCCCCCCC.